The Kier molecular flexibility index (Phi) is 3.22. The first-order valence-electron chi connectivity index (χ1n) is 5.90. The third-order valence-electron chi connectivity index (χ3n) is 3.42. The summed E-state index contributed by atoms with van der Waals surface area (Å²) in [6.45, 7) is 2.24. The average molecular weight is 220 g/mol. The molecule has 0 heterocycles. The molecule has 1 aliphatic rings. The van der Waals surface area contributed by atoms with Crippen LogP contribution in [0.4, 0.5) is 11.4 Å². The van der Waals surface area contributed by atoms with Crippen molar-refractivity contribution in [3.8, 4) is 5.75 Å². The molecule has 88 valence electrons. The van der Waals surface area contributed by atoms with E-state index in [-0.39, 0.29) is 0 Å². The second-order valence-electron chi connectivity index (χ2n) is 4.62. The Morgan fingerprint density at radius 2 is 2.12 bits per heavy atom. The number of rotatable bonds is 4. The molecule has 0 radical (unpaired) electrons. The SMILES string of the molecule is COc1cc(N)cc(NC(C)C2CCC2)c1. The van der Waals surface area contributed by atoms with Gasteiger partial charge in [-0.1, -0.05) is 6.42 Å². The Bertz CT molecular complexity index is 361. The number of benzene rings is 1. The number of anilines is 2. The lowest BCUT2D eigenvalue weighted by Gasteiger charge is -2.32. The Balaban J connectivity index is 2.04. The van der Waals surface area contributed by atoms with Gasteiger partial charge in [0.05, 0.1) is 7.11 Å². The summed E-state index contributed by atoms with van der Waals surface area (Å²) < 4.78 is 5.20. The summed E-state index contributed by atoms with van der Waals surface area (Å²) in [6.07, 6.45) is 4.05. The van der Waals surface area contributed by atoms with Crippen molar-refractivity contribution in [3.63, 3.8) is 0 Å². The van der Waals surface area contributed by atoms with Crippen molar-refractivity contribution < 1.29 is 4.74 Å². The van der Waals surface area contributed by atoms with E-state index in [0.29, 0.717) is 6.04 Å². The van der Waals surface area contributed by atoms with Gasteiger partial charge in [-0.05, 0) is 31.7 Å². The zero-order valence-corrected chi connectivity index (χ0v) is 9.99. The molecule has 1 aromatic carbocycles. The fourth-order valence-corrected chi connectivity index (χ4v) is 2.14. The minimum atomic E-state index is 0.514. The van der Waals surface area contributed by atoms with E-state index in [4.69, 9.17) is 10.5 Å². The highest BCUT2D eigenvalue weighted by molar-refractivity contribution is 5.59. The third kappa shape index (κ3) is 2.40. The molecule has 16 heavy (non-hydrogen) atoms. The first-order valence-corrected chi connectivity index (χ1v) is 5.90. The molecule has 3 nitrogen and oxygen atoms in total. The van der Waals surface area contributed by atoms with Crippen LogP contribution in [0.15, 0.2) is 18.2 Å². The van der Waals surface area contributed by atoms with Gasteiger partial charge in [-0.25, -0.2) is 0 Å². The zero-order chi connectivity index (χ0) is 11.5. The molecule has 1 saturated carbocycles. The summed E-state index contributed by atoms with van der Waals surface area (Å²) in [7, 11) is 1.66. The monoisotopic (exact) mass is 220 g/mol. The van der Waals surface area contributed by atoms with Crippen molar-refractivity contribution in [1.82, 2.24) is 0 Å². The predicted octanol–water partition coefficient (Wildman–Crippen LogP) is 2.88. The molecule has 0 amide bonds. The number of nitrogens with one attached hydrogen (secondary N) is 1. The van der Waals surface area contributed by atoms with Crippen molar-refractivity contribution >= 4 is 11.4 Å². The quantitative estimate of drug-likeness (QED) is 0.767. The molecular formula is C13H20N2O. The van der Waals surface area contributed by atoms with Crippen molar-refractivity contribution in [1.29, 1.82) is 0 Å². The van der Waals surface area contributed by atoms with Gasteiger partial charge in [-0.3, -0.25) is 0 Å². The number of methoxy groups -OCH3 is 1. The molecule has 0 spiro atoms. The smallest absolute Gasteiger partial charge is 0.122 e. The van der Waals surface area contributed by atoms with E-state index >= 15 is 0 Å². The average Bonchev–Trinajstić information content (AvgIpc) is 2.13. The molecule has 1 aliphatic carbocycles. The van der Waals surface area contributed by atoms with Gasteiger partial charge >= 0.3 is 0 Å². The summed E-state index contributed by atoms with van der Waals surface area (Å²) in [5.41, 5.74) is 7.60. The summed E-state index contributed by atoms with van der Waals surface area (Å²) >= 11 is 0. The van der Waals surface area contributed by atoms with Crippen LogP contribution in [0.1, 0.15) is 26.2 Å². The molecule has 1 atom stereocenters. The van der Waals surface area contributed by atoms with Crippen molar-refractivity contribution in [3.05, 3.63) is 18.2 Å². The topological polar surface area (TPSA) is 47.3 Å². The summed E-state index contributed by atoms with van der Waals surface area (Å²) in [6, 6.07) is 6.29. The predicted molar refractivity (Wildman–Crippen MR) is 67.8 cm³/mol. The van der Waals surface area contributed by atoms with Gasteiger partial charge in [0.25, 0.3) is 0 Å². The van der Waals surface area contributed by atoms with Gasteiger partial charge in [0.1, 0.15) is 5.75 Å². The minimum Gasteiger partial charge on any atom is -0.497 e. The van der Waals surface area contributed by atoms with Crippen LogP contribution in [0.3, 0.4) is 0 Å². The van der Waals surface area contributed by atoms with Crippen LogP contribution >= 0.6 is 0 Å². The second-order valence-corrected chi connectivity index (χ2v) is 4.62. The van der Waals surface area contributed by atoms with Crippen molar-refractivity contribution in [2.45, 2.75) is 32.2 Å². The normalized spacial score (nSPS) is 17.6. The van der Waals surface area contributed by atoms with Gasteiger partial charge < -0.3 is 15.8 Å². The standard InChI is InChI=1S/C13H20N2O/c1-9(10-4-3-5-10)15-12-6-11(14)7-13(8-12)16-2/h6-10,15H,3-5,14H2,1-2H3. The minimum absolute atomic E-state index is 0.514. The van der Waals surface area contributed by atoms with Gasteiger partial charge in [0.2, 0.25) is 0 Å². The van der Waals surface area contributed by atoms with E-state index < -0.39 is 0 Å². The molecule has 2 rings (SSSR count). The lowest BCUT2D eigenvalue weighted by molar-refractivity contribution is 0.285. The Morgan fingerprint density at radius 3 is 2.69 bits per heavy atom. The molecule has 1 aromatic rings. The van der Waals surface area contributed by atoms with Gasteiger partial charge in [0, 0.05) is 29.5 Å². The molecule has 0 bridgehead atoms. The molecule has 3 N–H and O–H groups in total. The number of nitrogens with two attached hydrogens (primary N) is 1. The van der Waals surface area contributed by atoms with Gasteiger partial charge in [0.15, 0.2) is 0 Å². The Labute approximate surface area is 97.0 Å². The van der Waals surface area contributed by atoms with Crippen LogP contribution in [0.2, 0.25) is 0 Å². The van der Waals surface area contributed by atoms with E-state index in [1.54, 1.807) is 7.11 Å². The first-order chi connectivity index (χ1) is 7.69. The second kappa shape index (κ2) is 4.64. The highest BCUT2D eigenvalue weighted by atomic mass is 16.5. The summed E-state index contributed by atoms with van der Waals surface area (Å²) in [4.78, 5) is 0. The molecule has 0 aliphatic heterocycles. The largest absolute Gasteiger partial charge is 0.497 e. The zero-order valence-electron chi connectivity index (χ0n) is 9.99. The van der Waals surface area contributed by atoms with E-state index in [1.807, 2.05) is 18.2 Å². The van der Waals surface area contributed by atoms with Crippen LogP contribution < -0.4 is 15.8 Å². The number of hydrogen-bond acceptors (Lipinski definition) is 3. The first kappa shape index (κ1) is 11.1. The van der Waals surface area contributed by atoms with Crippen LogP contribution in [-0.2, 0) is 0 Å². The molecule has 0 aromatic heterocycles. The van der Waals surface area contributed by atoms with E-state index in [0.717, 1.165) is 23.0 Å². The van der Waals surface area contributed by atoms with E-state index in [2.05, 4.69) is 12.2 Å². The van der Waals surface area contributed by atoms with Crippen LogP contribution in [0, 0.1) is 5.92 Å². The molecule has 1 unspecified atom stereocenters. The van der Waals surface area contributed by atoms with Crippen molar-refractivity contribution in [2.75, 3.05) is 18.2 Å². The van der Waals surface area contributed by atoms with Crippen LogP contribution in [0.5, 0.6) is 5.75 Å². The fraction of sp³-hybridized carbons (Fsp3) is 0.538. The maximum Gasteiger partial charge on any atom is 0.122 e. The fourth-order valence-electron chi connectivity index (χ4n) is 2.14. The lowest BCUT2D eigenvalue weighted by atomic mass is 9.80. The van der Waals surface area contributed by atoms with Gasteiger partial charge in [-0.15, -0.1) is 0 Å². The number of nitrogen functional groups attached to an aromatic ring is 1. The van der Waals surface area contributed by atoms with Crippen LogP contribution in [-0.4, -0.2) is 13.2 Å². The summed E-state index contributed by atoms with van der Waals surface area (Å²) in [5, 5.41) is 3.50. The molecule has 3 heteroatoms. The highest BCUT2D eigenvalue weighted by Crippen LogP contribution is 2.32. The Hall–Kier alpha value is -1.38. The van der Waals surface area contributed by atoms with E-state index in [1.165, 1.54) is 19.3 Å². The van der Waals surface area contributed by atoms with Crippen molar-refractivity contribution in [2.24, 2.45) is 5.92 Å². The molecule has 1 fully saturated rings. The van der Waals surface area contributed by atoms with Gasteiger partial charge in [-0.2, -0.15) is 0 Å². The molecule has 0 saturated heterocycles. The van der Waals surface area contributed by atoms with E-state index in [9.17, 15) is 0 Å². The number of hydrogen-bond donors (Lipinski definition) is 2. The van der Waals surface area contributed by atoms with Crippen LogP contribution in [0.25, 0.3) is 0 Å². The lowest BCUT2D eigenvalue weighted by Crippen LogP contribution is -2.30. The third-order valence-corrected chi connectivity index (χ3v) is 3.42. The molecular weight excluding hydrogens is 200 g/mol. The summed E-state index contributed by atoms with van der Waals surface area (Å²) in [5.74, 6) is 1.62. The Morgan fingerprint density at radius 1 is 1.38 bits per heavy atom. The number of ether oxygens (including phenoxy) is 1. The maximum atomic E-state index is 5.81. The highest BCUT2D eigenvalue weighted by Gasteiger charge is 2.23. The maximum absolute atomic E-state index is 5.81.